The van der Waals surface area contributed by atoms with Gasteiger partial charge >= 0.3 is 5.69 Å². The summed E-state index contributed by atoms with van der Waals surface area (Å²) < 4.78 is 2.86. The standard InChI is InChI=1S/C10H15N3O2/c1-12-4-5-13(10(12)15)7-9(14)11-6-8-2-3-8/h4-5,8H,2-3,6-7H2,1H3,(H,11,14). The molecule has 0 atom stereocenters. The number of amides is 1. The van der Waals surface area contributed by atoms with Crippen LogP contribution in [0.4, 0.5) is 0 Å². The zero-order valence-electron chi connectivity index (χ0n) is 8.77. The molecular formula is C10H15N3O2. The molecule has 1 fully saturated rings. The van der Waals surface area contributed by atoms with E-state index < -0.39 is 0 Å². The van der Waals surface area contributed by atoms with Crippen LogP contribution in [-0.2, 0) is 18.4 Å². The van der Waals surface area contributed by atoms with Crippen LogP contribution in [0.15, 0.2) is 17.2 Å². The van der Waals surface area contributed by atoms with Crippen molar-refractivity contribution >= 4 is 5.91 Å². The lowest BCUT2D eigenvalue weighted by Gasteiger charge is -2.03. The summed E-state index contributed by atoms with van der Waals surface area (Å²) in [6.45, 7) is 0.868. The van der Waals surface area contributed by atoms with Gasteiger partial charge in [0.2, 0.25) is 5.91 Å². The normalized spacial score (nSPS) is 15.3. The van der Waals surface area contributed by atoms with Gasteiger partial charge in [-0.15, -0.1) is 0 Å². The van der Waals surface area contributed by atoms with E-state index in [2.05, 4.69) is 5.32 Å². The number of aromatic nitrogens is 2. The molecule has 82 valence electrons. The largest absolute Gasteiger partial charge is 0.354 e. The molecule has 1 aliphatic rings. The summed E-state index contributed by atoms with van der Waals surface area (Å²) in [5.41, 5.74) is -0.156. The Kier molecular flexibility index (Phi) is 2.62. The Morgan fingerprint density at radius 2 is 2.27 bits per heavy atom. The van der Waals surface area contributed by atoms with Crippen LogP contribution in [0.1, 0.15) is 12.8 Å². The summed E-state index contributed by atoms with van der Waals surface area (Å²) >= 11 is 0. The number of carbonyl (C=O) groups excluding carboxylic acids is 1. The van der Waals surface area contributed by atoms with E-state index in [4.69, 9.17) is 0 Å². The van der Waals surface area contributed by atoms with E-state index in [1.807, 2.05) is 0 Å². The smallest absolute Gasteiger partial charge is 0.328 e. The molecule has 1 aliphatic carbocycles. The van der Waals surface area contributed by atoms with Crippen molar-refractivity contribution in [3.63, 3.8) is 0 Å². The Morgan fingerprint density at radius 1 is 1.53 bits per heavy atom. The van der Waals surface area contributed by atoms with Crippen molar-refractivity contribution in [2.75, 3.05) is 6.54 Å². The predicted molar refractivity (Wildman–Crippen MR) is 55.4 cm³/mol. The fourth-order valence-electron chi connectivity index (χ4n) is 1.42. The van der Waals surface area contributed by atoms with Crippen molar-refractivity contribution in [1.29, 1.82) is 0 Å². The summed E-state index contributed by atoms with van der Waals surface area (Å²) in [6.07, 6.45) is 5.70. The van der Waals surface area contributed by atoms with Gasteiger partial charge in [-0.2, -0.15) is 0 Å². The van der Waals surface area contributed by atoms with E-state index in [1.54, 1.807) is 19.4 Å². The molecule has 0 aromatic carbocycles. The zero-order valence-corrected chi connectivity index (χ0v) is 8.77. The minimum Gasteiger partial charge on any atom is -0.354 e. The molecule has 0 saturated heterocycles. The van der Waals surface area contributed by atoms with Crippen molar-refractivity contribution < 1.29 is 4.79 Å². The summed E-state index contributed by atoms with van der Waals surface area (Å²) in [4.78, 5) is 22.8. The lowest BCUT2D eigenvalue weighted by Crippen LogP contribution is -2.33. The minimum absolute atomic E-state index is 0.0878. The average molecular weight is 209 g/mol. The fourth-order valence-corrected chi connectivity index (χ4v) is 1.42. The third-order valence-electron chi connectivity index (χ3n) is 2.62. The SMILES string of the molecule is Cn1ccn(CC(=O)NCC2CC2)c1=O. The monoisotopic (exact) mass is 209 g/mol. The predicted octanol–water partition coefficient (Wildman–Crippen LogP) is -0.287. The highest BCUT2D eigenvalue weighted by Gasteiger charge is 2.21. The summed E-state index contributed by atoms with van der Waals surface area (Å²) in [5, 5.41) is 2.82. The van der Waals surface area contributed by atoms with Crippen LogP contribution in [0.3, 0.4) is 0 Å². The van der Waals surface area contributed by atoms with E-state index in [9.17, 15) is 9.59 Å². The third kappa shape index (κ3) is 2.49. The van der Waals surface area contributed by atoms with Crippen molar-refractivity contribution in [3.05, 3.63) is 22.9 Å². The number of nitrogens with zero attached hydrogens (tertiary/aromatic N) is 2. The molecule has 1 saturated carbocycles. The Bertz CT molecular complexity index is 415. The second kappa shape index (κ2) is 3.92. The van der Waals surface area contributed by atoms with Crippen molar-refractivity contribution in [2.24, 2.45) is 13.0 Å². The zero-order chi connectivity index (χ0) is 10.8. The van der Waals surface area contributed by atoms with Crippen LogP contribution in [0.2, 0.25) is 0 Å². The molecule has 5 heteroatoms. The maximum Gasteiger partial charge on any atom is 0.328 e. The lowest BCUT2D eigenvalue weighted by atomic mass is 10.4. The van der Waals surface area contributed by atoms with Gasteiger partial charge in [0.25, 0.3) is 0 Å². The van der Waals surface area contributed by atoms with Gasteiger partial charge in [-0.1, -0.05) is 0 Å². The molecule has 15 heavy (non-hydrogen) atoms. The van der Waals surface area contributed by atoms with Gasteiger partial charge in [0.05, 0.1) is 0 Å². The van der Waals surface area contributed by atoms with Crippen LogP contribution in [0.5, 0.6) is 0 Å². The van der Waals surface area contributed by atoms with Crippen molar-refractivity contribution in [2.45, 2.75) is 19.4 Å². The Hall–Kier alpha value is -1.52. The summed E-state index contributed by atoms with van der Waals surface area (Å²) in [6, 6.07) is 0. The Morgan fingerprint density at radius 3 is 2.80 bits per heavy atom. The van der Waals surface area contributed by atoms with Gasteiger partial charge in [0, 0.05) is 26.0 Å². The first-order valence-corrected chi connectivity index (χ1v) is 5.15. The molecule has 0 radical (unpaired) electrons. The minimum atomic E-state index is -0.156. The summed E-state index contributed by atoms with van der Waals surface area (Å²) in [5.74, 6) is 0.580. The van der Waals surface area contributed by atoms with Crippen molar-refractivity contribution in [3.8, 4) is 0 Å². The van der Waals surface area contributed by atoms with Crippen LogP contribution >= 0.6 is 0 Å². The highest BCUT2D eigenvalue weighted by molar-refractivity contribution is 5.75. The van der Waals surface area contributed by atoms with Gasteiger partial charge in [0.15, 0.2) is 0 Å². The number of hydrogen-bond acceptors (Lipinski definition) is 2. The second-order valence-corrected chi connectivity index (χ2v) is 4.07. The lowest BCUT2D eigenvalue weighted by molar-refractivity contribution is -0.121. The molecule has 1 amide bonds. The third-order valence-corrected chi connectivity index (χ3v) is 2.62. The van der Waals surface area contributed by atoms with Gasteiger partial charge in [-0.05, 0) is 18.8 Å². The highest BCUT2D eigenvalue weighted by atomic mass is 16.2. The molecule has 0 unspecified atom stereocenters. The van der Waals surface area contributed by atoms with Gasteiger partial charge in [0.1, 0.15) is 6.54 Å². The van der Waals surface area contributed by atoms with E-state index in [-0.39, 0.29) is 18.1 Å². The molecule has 1 aromatic rings. The van der Waals surface area contributed by atoms with Gasteiger partial charge in [-0.3, -0.25) is 9.36 Å². The number of rotatable bonds is 4. The first kappa shape index (κ1) is 10.0. The average Bonchev–Trinajstić information content (AvgIpc) is 2.98. The van der Waals surface area contributed by atoms with Crippen LogP contribution in [0.25, 0.3) is 0 Å². The maximum absolute atomic E-state index is 11.4. The second-order valence-electron chi connectivity index (χ2n) is 4.07. The number of nitrogens with one attached hydrogen (secondary N) is 1. The number of aryl methyl sites for hydroxylation is 1. The quantitative estimate of drug-likeness (QED) is 0.741. The van der Waals surface area contributed by atoms with Crippen LogP contribution in [0, 0.1) is 5.92 Å². The first-order chi connectivity index (χ1) is 7.16. The molecule has 1 heterocycles. The number of carbonyl (C=O) groups is 1. The number of hydrogen-bond donors (Lipinski definition) is 1. The molecule has 5 nitrogen and oxygen atoms in total. The van der Waals surface area contributed by atoms with E-state index in [1.165, 1.54) is 22.0 Å². The van der Waals surface area contributed by atoms with Crippen LogP contribution in [-0.4, -0.2) is 21.6 Å². The fraction of sp³-hybridized carbons (Fsp3) is 0.600. The van der Waals surface area contributed by atoms with Crippen LogP contribution < -0.4 is 11.0 Å². The topological polar surface area (TPSA) is 56.0 Å². The van der Waals surface area contributed by atoms with E-state index in [0.717, 1.165) is 6.54 Å². The van der Waals surface area contributed by atoms with Gasteiger partial charge in [-0.25, -0.2) is 4.79 Å². The highest BCUT2D eigenvalue weighted by Crippen LogP contribution is 2.27. The molecule has 2 rings (SSSR count). The Labute approximate surface area is 87.7 Å². The number of imidazole rings is 1. The maximum atomic E-state index is 11.4. The van der Waals surface area contributed by atoms with E-state index in [0.29, 0.717) is 5.92 Å². The van der Waals surface area contributed by atoms with Gasteiger partial charge < -0.3 is 9.88 Å². The molecule has 0 aliphatic heterocycles. The van der Waals surface area contributed by atoms with Crippen molar-refractivity contribution in [1.82, 2.24) is 14.5 Å². The molecule has 0 spiro atoms. The summed E-state index contributed by atoms with van der Waals surface area (Å²) in [7, 11) is 1.67. The molecular weight excluding hydrogens is 194 g/mol. The molecule has 1 N–H and O–H groups in total. The first-order valence-electron chi connectivity index (χ1n) is 5.15. The van der Waals surface area contributed by atoms with E-state index >= 15 is 0 Å². The Balaban J connectivity index is 1.87. The molecule has 1 aromatic heterocycles. The molecule has 0 bridgehead atoms.